The van der Waals surface area contributed by atoms with E-state index in [1.807, 2.05) is 0 Å². The van der Waals surface area contributed by atoms with E-state index in [0.717, 1.165) is 12.8 Å². The van der Waals surface area contributed by atoms with Gasteiger partial charge in [-0.3, -0.25) is 4.79 Å². The molecule has 1 unspecified atom stereocenters. The Bertz CT molecular complexity index is 76.0. The molecule has 6 heavy (non-hydrogen) atoms. The van der Waals surface area contributed by atoms with Gasteiger partial charge in [0.15, 0.2) is 0 Å². The van der Waals surface area contributed by atoms with Crippen molar-refractivity contribution in [3.05, 3.63) is 6.92 Å². The fourth-order valence-electron chi connectivity index (χ4n) is 0.466. The molecule has 33 valence electrons. The van der Waals surface area contributed by atoms with Crippen LogP contribution in [0.15, 0.2) is 0 Å². The molecule has 1 radical (unpaired) electrons. The third-order valence-electron chi connectivity index (χ3n) is 1.19. The van der Waals surface area contributed by atoms with Crippen molar-refractivity contribution in [1.82, 2.24) is 0 Å². The normalized spacial score (nSPS) is 32.8. The van der Waals surface area contributed by atoms with Crippen LogP contribution in [0.3, 0.4) is 0 Å². The molecular formula is C5H7O. The quantitative estimate of drug-likeness (QED) is 0.423. The van der Waals surface area contributed by atoms with Crippen LogP contribution in [-0.4, -0.2) is 5.78 Å². The maximum absolute atomic E-state index is 10.2. The standard InChI is InChI=1S/C5H7O/c1-4-2-3-5(4)6/h4H,1-3H2. The van der Waals surface area contributed by atoms with E-state index in [2.05, 4.69) is 6.92 Å². The summed E-state index contributed by atoms with van der Waals surface area (Å²) in [5.41, 5.74) is 0. The molecule has 0 heterocycles. The molecule has 0 aliphatic heterocycles. The molecule has 0 N–H and O–H groups in total. The monoisotopic (exact) mass is 83.0 g/mol. The highest BCUT2D eigenvalue weighted by atomic mass is 16.1. The fourth-order valence-corrected chi connectivity index (χ4v) is 0.466. The topological polar surface area (TPSA) is 17.1 Å². The lowest BCUT2D eigenvalue weighted by molar-refractivity contribution is -0.127. The van der Waals surface area contributed by atoms with Gasteiger partial charge in [-0.25, -0.2) is 0 Å². The molecule has 0 spiro atoms. The van der Waals surface area contributed by atoms with Crippen LogP contribution < -0.4 is 0 Å². The number of Topliss-reactive ketones (excluding diaryl/α,β-unsaturated/α-hetero) is 1. The van der Waals surface area contributed by atoms with Gasteiger partial charge in [0.05, 0.1) is 0 Å². The van der Waals surface area contributed by atoms with Crippen LogP contribution in [0.5, 0.6) is 0 Å². The fraction of sp³-hybridized carbons (Fsp3) is 0.600. The maximum Gasteiger partial charge on any atom is 0.136 e. The van der Waals surface area contributed by atoms with E-state index in [1.165, 1.54) is 0 Å². The highest BCUT2D eigenvalue weighted by molar-refractivity contribution is 5.86. The summed E-state index contributed by atoms with van der Waals surface area (Å²) in [6.45, 7) is 3.58. The molecule has 1 saturated carbocycles. The van der Waals surface area contributed by atoms with Crippen LogP contribution in [0.25, 0.3) is 0 Å². The smallest absolute Gasteiger partial charge is 0.136 e. The SMILES string of the molecule is [CH2]C1CCC1=O. The Hall–Kier alpha value is -0.330. The third-order valence-corrected chi connectivity index (χ3v) is 1.19. The second kappa shape index (κ2) is 1.07. The molecule has 0 amide bonds. The second-order valence-electron chi connectivity index (χ2n) is 1.70. The number of carbonyl (C=O) groups excluding carboxylic acids is 1. The summed E-state index contributed by atoms with van der Waals surface area (Å²) in [6.07, 6.45) is 1.78. The van der Waals surface area contributed by atoms with Crippen molar-refractivity contribution in [2.24, 2.45) is 5.92 Å². The van der Waals surface area contributed by atoms with Crippen LogP contribution >= 0.6 is 0 Å². The van der Waals surface area contributed by atoms with E-state index >= 15 is 0 Å². The van der Waals surface area contributed by atoms with E-state index in [-0.39, 0.29) is 5.92 Å². The number of rotatable bonds is 0. The molecule has 0 aromatic carbocycles. The Morgan fingerprint density at radius 2 is 2.33 bits per heavy atom. The zero-order valence-corrected chi connectivity index (χ0v) is 3.61. The summed E-state index contributed by atoms with van der Waals surface area (Å²) in [5.74, 6) is 0.472. The minimum Gasteiger partial charge on any atom is -0.299 e. The summed E-state index contributed by atoms with van der Waals surface area (Å²) in [7, 11) is 0. The summed E-state index contributed by atoms with van der Waals surface area (Å²) >= 11 is 0. The van der Waals surface area contributed by atoms with Gasteiger partial charge in [-0.05, 0) is 13.3 Å². The van der Waals surface area contributed by atoms with E-state index in [4.69, 9.17) is 0 Å². The van der Waals surface area contributed by atoms with Gasteiger partial charge in [0.2, 0.25) is 0 Å². The molecular weight excluding hydrogens is 76.1 g/mol. The van der Waals surface area contributed by atoms with Crippen molar-refractivity contribution in [2.75, 3.05) is 0 Å². The average molecular weight is 83.1 g/mol. The lowest BCUT2D eigenvalue weighted by Gasteiger charge is -2.17. The first-order chi connectivity index (χ1) is 2.80. The van der Waals surface area contributed by atoms with Gasteiger partial charge in [0, 0.05) is 12.3 Å². The average Bonchev–Trinajstić information content (AvgIpc) is 1.61. The number of ketones is 1. The number of carbonyl (C=O) groups is 1. The van der Waals surface area contributed by atoms with Gasteiger partial charge in [-0.15, -0.1) is 0 Å². The Labute approximate surface area is 37.4 Å². The van der Waals surface area contributed by atoms with Gasteiger partial charge in [-0.2, -0.15) is 0 Å². The first-order valence-electron chi connectivity index (χ1n) is 2.16. The molecule has 0 saturated heterocycles. The van der Waals surface area contributed by atoms with Crippen LogP contribution in [-0.2, 0) is 4.79 Å². The summed E-state index contributed by atoms with van der Waals surface area (Å²) < 4.78 is 0. The Kier molecular flexibility index (Phi) is 0.685. The highest BCUT2D eigenvalue weighted by Gasteiger charge is 2.22. The molecule has 1 atom stereocenters. The molecule has 0 aromatic rings. The van der Waals surface area contributed by atoms with Crippen molar-refractivity contribution in [3.63, 3.8) is 0 Å². The Morgan fingerprint density at radius 1 is 1.83 bits per heavy atom. The van der Waals surface area contributed by atoms with Crippen molar-refractivity contribution in [1.29, 1.82) is 0 Å². The molecule has 0 aromatic heterocycles. The van der Waals surface area contributed by atoms with Gasteiger partial charge < -0.3 is 0 Å². The number of hydrogen-bond acceptors (Lipinski definition) is 1. The van der Waals surface area contributed by atoms with Crippen molar-refractivity contribution >= 4 is 5.78 Å². The van der Waals surface area contributed by atoms with E-state index in [0.29, 0.717) is 5.78 Å². The molecule has 1 rings (SSSR count). The highest BCUT2D eigenvalue weighted by Crippen LogP contribution is 2.19. The van der Waals surface area contributed by atoms with Crippen LogP contribution in [0.2, 0.25) is 0 Å². The zero-order valence-electron chi connectivity index (χ0n) is 3.61. The van der Waals surface area contributed by atoms with Crippen molar-refractivity contribution in [3.8, 4) is 0 Å². The predicted octanol–water partition coefficient (Wildman–Crippen LogP) is 0.800. The minimum atomic E-state index is 0.144. The molecule has 1 nitrogen and oxygen atoms in total. The van der Waals surface area contributed by atoms with E-state index < -0.39 is 0 Å². The maximum atomic E-state index is 10.2. The van der Waals surface area contributed by atoms with Gasteiger partial charge in [0.1, 0.15) is 5.78 Å². The predicted molar refractivity (Wildman–Crippen MR) is 23.1 cm³/mol. The summed E-state index contributed by atoms with van der Waals surface area (Å²) in [6, 6.07) is 0. The lowest BCUT2D eigenvalue weighted by atomic mass is 9.86. The third kappa shape index (κ3) is 0.348. The number of hydrogen-bond donors (Lipinski definition) is 0. The van der Waals surface area contributed by atoms with Crippen molar-refractivity contribution in [2.45, 2.75) is 12.8 Å². The first kappa shape index (κ1) is 3.85. The van der Waals surface area contributed by atoms with Gasteiger partial charge in [0.25, 0.3) is 0 Å². The van der Waals surface area contributed by atoms with E-state index in [9.17, 15) is 4.79 Å². The first-order valence-corrected chi connectivity index (χ1v) is 2.16. The Morgan fingerprint density at radius 3 is 2.33 bits per heavy atom. The van der Waals surface area contributed by atoms with Crippen LogP contribution in [0.4, 0.5) is 0 Å². The lowest BCUT2D eigenvalue weighted by Crippen LogP contribution is -2.21. The molecule has 0 bridgehead atoms. The summed E-state index contributed by atoms with van der Waals surface area (Å²) in [4.78, 5) is 10.2. The van der Waals surface area contributed by atoms with E-state index in [1.54, 1.807) is 0 Å². The second-order valence-corrected chi connectivity index (χ2v) is 1.70. The largest absolute Gasteiger partial charge is 0.299 e. The molecule has 1 aliphatic carbocycles. The minimum absolute atomic E-state index is 0.144. The van der Waals surface area contributed by atoms with Crippen LogP contribution in [0.1, 0.15) is 12.8 Å². The van der Waals surface area contributed by atoms with Crippen LogP contribution in [0, 0.1) is 12.8 Å². The van der Waals surface area contributed by atoms with Gasteiger partial charge in [-0.1, -0.05) is 0 Å². The molecule has 1 fully saturated rings. The molecule has 1 aliphatic rings. The Balaban J connectivity index is 2.39. The zero-order chi connectivity index (χ0) is 4.57. The molecule has 1 heteroatoms. The summed E-state index contributed by atoms with van der Waals surface area (Å²) in [5, 5.41) is 0. The van der Waals surface area contributed by atoms with Gasteiger partial charge >= 0.3 is 0 Å². The van der Waals surface area contributed by atoms with Crippen molar-refractivity contribution < 1.29 is 4.79 Å².